The standard InChI is InChI=1S/C14H16ClN3O/c15-10-4-5-12-11(8-10)13(9-14(19)16-12)17-18-6-2-1-3-7-18/h4-5,8-9H,1-3,6-7H2,(H2,16,17,19). The van der Waals surface area contributed by atoms with Crippen LogP contribution in [0.25, 0.3) is 10.9 Å². The Hall–Kier alpha value is -1.52. The second-order valence-electron chi connectivity index (χ2n) is 4.90. The van der Waals surface area contributed by atoms with Crippen molar-refractivity contribution >= 4 is 28.2 Å². The van der Waals surface area contributed by atoms with Gasteiger partial charge < -0.3 is 10.4 Å². The molecule has 0 amide bonds. The maximum absolute atomic E-state index is 11.7. The van der Waals surface area contributed by atoms with Crippen LogP contribution in [0.3, 0.4) is 0 Å². The number of nitrogens with one attached hydrogen (secondary N) is 2. The molecule has 2 N–H and O–H groups in total. The lowest BCUT2D eigenvalue weighted by Gasteiger charge is -2.28. The van der Waals surface area contributed by atoms with Crippen molar-refractivity contribution in [3.05, 3.63) is 39.6 Å². The summed E-state index contributed by atoms with van der Waals surface area (Å²) < 4.78 is 0. The molecule has 0 atom stereocenters. The third kappa shape index (κ3) is 2.74. The maximum Gasteiger partial charge on any atom is 0.250 e. The topological polar surface area (TPSA) is 48.1 Å². The molecule has 4 nitrogen and oxygen atoms in total. The van der Waals surface area contributed by atoms with E-state index in [4.69, 9.17) is 11.6 Å². The van der Waals surface area contributed by atoms with E-state index in [1.54, 1.807) is 12.1 Å². The normalized spacial score (nSPS) is 16.7. The van der Waals surface area contributed by atoms with Gasteiger partial charge in [-0.15, -0.1) is 0 Å². The summed E-state index contributed by atoms with van der Waals surface area (Å²) in [6, 6.07) is 7.08. The fourth-order valence-electron chi connectivity index (χ4n) is 2.49. The van der Waals surface area contributed by atoms with Gasteiger partial charge in [-0.1, -0.05) is 18.0 Å². The van der Waals surface area contributed by atoms with Crippen LogP contribution in [0.1, 0.15) is 19.3 Å². The van der Waals surface area contributed by atoms with Gasteiger partial charge in [0.1, 0.15) is 0 Å². The summed E-state index contributed by atoms with van der Waals surface area (Å²) in [4.78, 5) is 14.5. The van der Waals surface area contributed by atoms with E-state index in [1.807, 2.05) is 12.1 Å². The zero-order valence-electron chi connectivity index (χ0n) is 10.6. The van der Waals surface area contributed by atoms with Gasteiger partial charge in [0.2, 0.25) is 0 Å². The lowest BCUT2D eigenvalue weighted by Crippen LogP contribution is -2.35. The quantitative estimate of drug-likeness (QED) is 0.887. The Labute approximate surface area is 116 Å². The number of nitrogens with zero attached hydrogens (tertiary/aromatic N) is 1. The molecule has 3 rings (SSSR count). The maximum atomic E-state index is 11.7. The number of piperidine rings is 1. The fourth-order valence-corrected chi connectivity index (χ4v) is 2.67. The van der Waals surface area contributed by atoms with Crippen LogP contribution >= 0.6 is 11.6 Å². The van der Waals surface area contributed by atoms with E-state index in [0.717, 1.165) is 29.7 Å². The van der Waals surface area contributed by atoms with Crippen molar-refractivity contribution in [1.82, 2.24) is 9.99 Å². The molecular formula is C14H16ClN3O. The third-order valence-electron chi connectivity index (χ3n) is 3.44. The van der Waals surface area contributed by atoms with Crippen molar-refractivity contribution < 1.29 is 0 Å². The molecule has 1 saturated heterocycles. The number of hydrogen-bond acceptors (Lipinski definition) is 3. The van der Waals surface area contributed by atoms with Crippen LogP contribution in [0, 0.1) is 0 Å². The predicted octanol–water partition coefficient (Wildman–Crippen LogP) is 2.99. The van der Waals surface area contributed by atoms with Crippen molar-refractivity contribution in [2.45, 2.75) is 19.3 Å². The highest BCUT2D eigenvalue weighted by atomic mass is 35.5. The highest BCUT2D eigenvalue weighted by Crippen LogP contribution is 2.24. The van der Waals surface area contributed by atoms with Crippen LogP contribution < -0.4 is 11.0 Å². The Balaban J connectivity index is 2.00. The van der Waals surface area contributed by atoms with E-state index in [1.165, 1.54) is 19.3 Å². The second kappa shape index (κ2) is 5.23. The number of halogens is 1. The molecule has 1 aromatic heterocycles. The zero-order valence-corrected chi connectivity index (χ0v) is 11.3. The van der Waals surface area contributed by atoms with Crippen LogP contribution in [-0.2, 0) is 0 Å². The SMILES string of the molecule is O=c1cc(NN2CCCCC2)c2cc(Cl)ccc2[nH]1. The minimum atomic E-state index is -0.102. The summed E-state index contributed by atoms with van der Waals surface area (Å²) in [7, 11) is 0. The minimum absolute atomic E-state index is 0.102. The molecular weight excluding hydrogens is 262 g/mol. The number of hydrazine groups is 1. The van der Waals surface area contributed by atoms with Gasteiger partial charge in [0.25, 0.3) is 5.56 Å². The smallest absolute Gasteiger partial charge is 0.250 e. The number of fused-ring (bicyclic) bond motifs is 1. The Morgan fingerprint density at radius 3 is 2.74 bits per heavy atom. The zero-order chi connectivity index (χ0) is 13.2. The van der Waals surface area contributed by atoms with E-state index < -0.39 is 0 Å². The highest BCUT2D eigenvalue weighted by Gasteiger charge is 2.12. The molecule has 100 valence electrons. The number of H-pyrrole nitrogens is 1. The molecule has 0 saturated carbocycles. The van der Waals surface area contributed by atoms with Gasteiger partial charge in [0.05, 0.1) is 11.2 Å². The van der Waals surface area contributed by atoms with Crippen LogP contribution in [-0.4, -0.2) is 23.1 Å². The Morgan fingerprint density at radius 2 is 1.95 bits per heavy atom. The van der Waals surface area contributed by atoms with Gasteiger partial charge in [0, 0.05) is 29.6 Å². The molecule has 0 unspecified atom stereocenters. The fraction of sp³-hybridized carbons (Fsp3) is 0.357. The van der Waals surface area contributed by atoms with Gasteiger partial charge >= 0.3 is 0 Å². The molecule has 0 aliphatic carbocycles. The molecule has 0 radical (unpaired) electrons. The van der Waals surface area contributed by atoms with Crippen LogP contribution in [0.4, 0.5) is 5.69 Å². The minimum Gasteiger partial charge on any atom is -0.322 e. The van der Waals surface area contributed by atoms with Crippen molar-refractivity contribution in [3.8, 4) is 0 Å². The van der Waals surface area contributed by atoms with Crippen molar-refractivity contribution in [2.24, 2.45) is 0 Å². The summed E-state index contributed by atoms with van der Waals surface area (Å²) in [5.74, 6) is 0. The molecule has 1 aliphatic rings. The van der Waals surface area contributed by atoms with Gasteiger partial charge in [-0.25, -0.2) is 5.01 Å². The first-order valence-electron chi connectivity index (χ1n) is 6.56. The summed E-state index contributed by atoms with van der Waals surface area (Å²) in [6.07, 6.45) is 3.66. The molecule has 1 fully saturated rings. The number of pyridine rings is 1. The number of benzene rings is 1. The summed E-state index contributed by atoms with van der Waals surface area (Å²) in [5.41, 5.74) is 4.87. The lowest BCUT2D eigenvalue weighted by atomic mass is 10.1. The predicted molar refractivity (Wildman–Crippen MR) is 78.6 cm³/mol. The first-order chi connectivity index (χ1) is 9.22. The Kier molecular flexibility index (Phi) is 3.44. The molecule has 1 aromatic carbocycles. The van der Waals surface area contributed by atoms with E-state index >= 15 is 0 Å². The van der Waals surface area contributed by atoms with Gasteiger partial charge in [0.15, 0.2) is 0 Å². The number of anilines is 1. The first-order valence-corrected chi connectivity index (χ1v) is 6.94. The largest absolute Gasteiger partial charge is 0.322 e. The molecule has 2 aromatic rings. The number of rotatable bonds is 2. The second-order valence-corrected chi connectivity index (χ2v) is 5.33. The monoisotopic (exact) mass is 277 g/mol. The van der Waals surface area contributed by atoms with E-state index in [2.05, 4.69) is 15.4 Å². The molecule has 5 heteroatoms. The van der Waals surface area contributed by atoms with Gasteiger partial charge in [-0.2, -0.15) is 0 Å². The lowest BCUT2D eigenvalue weighted by molar-refractivity contribution is 0.273. The molecule has 1 aliphatic heterocycles. The summed E-state index contributed by atoms with van der Waals surface area (Å²) in [6.45, 7) is 2.02. The van der Waals surface area contributed by atoms with E-state index in [0.29, 0.717) is 5.02 Å². The third-order valence-corrected chi connectivity index (χ3v) is 3.67. The first kappa shape index (κ1) is 12.5. The Bertz CT molecular complexity index is 647. The highest BCUT2D eigenvalue weighted by molar-refractivity contribution is 6.31. The van der Waals surface area contributed by atoms with E-state index in [-0.39, 0.29) is 5.56 Å². The summed E-state index contributed by atoms with van der Waals surface area (Å²) in [5, 5.41) is 3.78. The van der Waals surface area contributed by atoms with Crippen molar-refractivity contribution in [1.29, 1.82) is 0 Å². The van der Waals surface area contributed by atoms with Crippen molar-refractivity contribution in [2.75, 3.05) is 18.5 Å². The van der Waals surface area contributed by atoms with Gasteiger partial charge in [-0.3, -0.25) is 4.79 Å². The summed E-state index contributed by atoms with van der Waals surface area (Å²) >= 11 is 6.04. The van der Waals surface area contributed by atoms with E-state index in [9.17, 15) is 4.79 Å². The molecule has 2 heterocycles. The average molecular weight is 278 g/mol. The van der Waals surface area contributed by atoms with Gasteiger partial charge in [-0.05, 0) is 31.0 Å². The average Bonchev–Trinajstić information content (AvgIpc) is 2.41. The Morgan fingerprint density at radius 1 is 1.16 bits per heavy atom. The number of aromatic amines is 1. The van der Waals surface area contributed by atoms with Crippen LogP contribution in [0.15, 0.2) is 29.1 Å². The number of hydrogen-bond donors (Lipinski definition) is 2. The molecule has 19 heavy (non-hydrogen) atoms. The van der Waals surface area contributed by atoms with Crippen LogP contribution in [0.2, 0.25) is 5.02 Å². The molecule has 0 spiro atoms. The van der Waals surface area contributed by atoms with Crippen LogP contribution in [0.5, 0.6) is 0 Å². The van der Waals surface area contributed by atoms with Crippen molar-refractivity contribution in [3.63, 3.8) is 0 Å². The molecule has 0 bridgehead atoms. The number of aromatic nitrogens is 1.